The molecular formula is C17H20N6OS. The molecule has 0 aromatic carbocycles. The number of amides is 1. The van der Waals surface area contributed by atoms with Crippen LogP contribution in [0.1, 0.15) is 48.5 Å². The van der Waals surface area contributed by atoms with Gasteiger partial charge in [0.2, 0.25) is 0 Å². The summed E-state index contributed by atoms with van der Waals surface area (Å²) in [5.41, 5.74) is 1.33. The lowest BCUT2D eigenvalue weighted by atomic mass is 10.0. The van der Waals surface area contributed by atoms with E-state index in [1.807, 2.05) is 33.0 Å². The van der Waals surface area contributed by atoms with Crippen molar-refractivity contribution in [2.24, 2.45) is 0 Å². The molecule has 4 heterocycles. The molecule has 4 rings (SSSR count). The Morgan fingerprint density at radius 3 is 3.16 bits per heavy atom. The number of rotatable bonds is 4. The minimum Gasteiger partial charge on any atom is -0.327 e. The fourth-order valence-corrected chi connectivity index (χ4v) is 4.04. The van der Waals surface area contributed by atoms with Crippen LogP contribution in [0, 0.1) is 0 Å². The molecule has 0 radical (unpaired) electrons. The summed E-state index contributed by atoms with van der Waals surface area (Å²) in [4.78, 5) is 16.1. The molecule has 1 N–H and O–H groups in total. The van der Waals surface area contributed by atoms with Gasteiger partial charge in [-0.25, -0.2) is 0 Å². The highest BCUT2D eigenvalue weighted by Crippen LogP contribution is 2.31. The summed E-state index contributed by atoms with van der Waals surface area (Å²) < 4.78 is 2.01. The van der Waals surface area contributed by atoms with E-state index >= 15 is 0 Å². The van der Waals surface area contributed by atoms with Crippen LogP contribution in [0.25, 0.3) is 10.6 Å². The Morgan fingerprint density at radius 1 is 1.44 bits per heavy atom. The van der Waals surface area contributed by atoms with Crippen LogP contribution in [0.4, 0.5) is 0 Å². The fraction of sp³-hybridized carbons (Fsp3) is 0.412. The topological polar surface area (TPSA) is 79.7 Å². The minimum absolute atomic E-state index is 0.0365. The van der Waals surface area contributed by atoms with Crippen molar-refractivity contribution < 1.29 is 4.79 Å². The first-order valence-electron chi connectivity index (χ1n) is 8.56. The fourth-order valence-electron chi connectivity index (χ4n) is 3.35. The average molecular weight is 356 g/mol. The van der Waals surface area contributed by atoms with Crippen molar-refractivity contribution in [3.05, 3.63) is 41.4 Å². The van der Waals surface area contributed by atoms with Crippen molar-refractivity contribution in [2.45, 2.75) is 38.8 Å². The minimum atomic E-state index is -0.0468. The Labute approximate surface area is 149 Å². The quantitative estimate of drug-likeness (QED) is 0.779. The van der Waals surface area contributed by atoms with Crippen molar-refractivity contribution in [2.75, 3.05) is 6.54 Å². The molecular weight excluding hydrogens is 336 g/mol. The number of carbonyl (C=O) groups is 1. The number of carbonyl (C=O) groups excluding carboxylic acids is 1. The van der Waals surface area contributed by atoms with Gasteiger partial charge in [-0.1, -0.05) is 6.07 Å². The zero-order chi connectivity index (χ0) is 17.2. The number of aromatic nitrogens is 5. The highest BCUT2D eigenvalue weighted by atomic mass is 32.1. The summed E-state index contributed by atoms with van der Waals surface area (Å²) in [5.74, 6) is 0.818. The van der Waals surface area contributed by atoms with Gasteiger partial charge in [0.05, 0.1) is 16.6 Å². The molecule has 0 saturated carbocycles. The number of nitrogens with one attached hydrogen (secondary N) is 1. The van der Waals surface area contributed by atoms with Crippen molar-refractivity contribution in [3.63, 3.8) is 0 Å². The third kappa shape index (κ3) is 2.97. The van der Waals surface area contributed by atoms with Gasteiger partial charge in [0, 0.05) is 13.1 Å². The van der Waals surface area contributed by atoms with E-state index in [1.54, 1.807) is 17.7 Å². The monoisotopic (exact) mass is 356 g/mol. The van der Waals surface area contributed by atoms with Crippen LogP contribution in [0.15, 0.2) is 29.9 Å². The normalized spacial score (nSPS) is 17.8. The maximum atomic E-state index is 13.1. The molecule has 8 heteroatoms. The molecule has 0 bridgehead atoms. The number of thiophene rings is 1. The van der Waals surface area contributed by atoms with Crippen molar-refractivity contribution in [1.29, 1.82) is 0 Å². The van der Waals surface area contributed by atoms with Crippen molar-refractivity contribution >= 4 is 17.2 Å². The molecule has 3 aromatic rings. The van der Waals surface area contributed by atoms with E-state index < -0.39 is 0 Å². The molecule has 1 unspecified atom stereocenters. The van der Waals surface area contributed by atoms with E-state index in [0.717, 1.165) is 48.7 Å². The maximum Gasteiger partial charge on any atom is 0.274 e. The Bertz CT molecular complexity index is 852. The van der Waals surface area contributed by atoms with Crippen LogP contribution in [-0.4, -0.2) is 42.3 Å². The summed E-state index contributed by atoms with van der Waals surface area (Å²) in [5, 5.41) is 17.5. The second-order valence-electron chi connectivity index (χ2n) is 6.13. The van der Waals surface area contributed by atoms with Gasteiger partial charge in [0.25, 0.3) is 5.91 Å². The number of hydrogen-bond donors (Lipinski definition) is 1. The first-order valence-corrected chi connectivity index (χ1v) is 9.44. The lowest BCUT2D eigenvalue weighted by molar-refractivity contribution is 0.0588. The average Bonchev–Trinajstić information content (AvgIpc) is 3.41. The highest BCUT2D eigenvalue weighted by molar-refractivity contribution is 7.13. The summed E-state index contributed by atoms with van der Waals surface area (Å²) in [6, 6.07) is 5.80. The molecule has 1 amide bonds. The summed E-state index contributed by atoms with van der Waals surface area (Å²) in [6.45, 7) is 3.58. The Balaban J connectivity index is 1.61. The third-order valence-corrected chi connectivity index (χ3v) is 5.53. The third-order valence-electron chi connectivity index (χ3n) is 4.63. The predicted octanol–water partition coefficient (Wildman–Crippen LogP) is 3.12. The number of likely N-dealkylation sites (tertiary alicyclic amines) is 1. The molecule has 0 aliphatic carbocycles. The van der Waals surface area contributed by atoms with E-state index in [0.29, 0.717) is 5.69 Å². The second-order valence-corrected chi connectivity index (χ2v) is 7.08. The van der Waals surface area contributed by atoms with Gasteiger partial charge >= 0.3 is 0 Å². The lowest BCUT2D eigenvalue weighted by Crippen LogP contribution is -2.39. The standard InChI is InChI=1S/C17H20N6OS/c1-2-22-11-18-21-16(22)14-6-3-4-8-23(14)17(24)13-10-12(19-20-13)15-7-5-9-25-15/h5,7,9-11,14H,2-4,6,8H2,1H3,(H,19,20). The van der Waals surface area contributed by atoms with Crippen LogP contribution in [0.3, 0.4) is 0 Å². The predicted molar refractivity (Wildman–Crippen MR) is 95.2 cm³/mol. The van der Waals surface area contributed by atoms with Crippen LogP contribution in [-0.2, 0) is 6.54 Å². The van der Waals surface area contributed by atoms with Crippen LogP contribution >= 0.6 is 11.3 Å². The molecule has 3 aromatic heterocycles. The largest absolute Gasteiger partial charge is 0.327 e. The van der Waals surface area contributed by atoms with E-state index in [2.05, 4.69) is 27.3 Å². The smallest absolute Gasteiger partial charge is 0.274 e. The Morgan fingerprint density at radius 2 is 2.36 bits per heavy atom. The molecule has 130 valence electrons. The zero-order valence-electron chi connectivity index (χ0n) is 14.1. The molecule has 1 atom stereocenters. The first kappa shape index (κ1) is 16.0. The highest BCUT2D eigenvalue weighted by Gasteiger charge is 2.32. The van der Waals surface area contributed by atoms with E-state index in [1.165, 1.54) is 0 Å². The summed E-state index contributed by atoms with van der Waals surface area (Å²) in [7, 11) is 0. The van der Waals surface area contributed by atoms with Gasteiger partial charge in [0.1, 0.15) is 6.33 Å². The van der Waals surface area contributed by atoms with Gasteiger partial charge in [-0.3, -0.25) is 9.89 Å². The summed E-state index contributed by atoms with van der Waals surface area (Å²) in [6.07, 6.45) is 4.74. The van der Waals surface area contributed by atoms with Crippen LogP contribution in [0.5, 0.6) is 0 Å². The van der Waals surface area contributed by atoms with Gasteiger partial charge in [-0.2, -0.15) is 5.10 Å². The number of piperidine rings is 1. The first-order chi connectivity index (χ1) is 12.3. The molecule has 0 spiro atoms. The summed E-state index contributed by atoms with van der Waals surface area (Å²) >= 11 is 1.62. The lowest BCUT2D eigenvalue weighted by Gasteiger charge is -2.34. The van der Waals surface area contributed by atoms with Crippen molar-refractivity contribution in [3.8, 4) is 10.6 Å². The number of nitrogens with zero attached hydrogens (tertiary/aromatic N) is 5. The van der Waals surface area contributed by atoms with Crippen molar-refractivity contribution in [1.82, 2.24) is 29.9 Å². The van der Waals surface area contributed by atoms with Gasteiger partial charge in [-0.05, 0) is 43.7 Å². The SMILES string of the molecule is CCn1cnnc1C1CCCCN1C(=O)c1cc(-c2cccs2)[nH]n1. The van der Waals surface area contributed by atoms with E-state index in [4.69, 9.17) is 0 Å². The Kier molecular flexibility index (Phi) is 4.35. The Hall–Kier alpha value is -2.48. The van der Waals surface area contributed by atoms with Gasteiger partial charge in [-0.15, -0.1) is 21.5 Å². The van der Waals surface area contributed by atoms with Gasteiger partial charge < -0.3 is 9.47 Å². The van der Waals surface area contributed by atoms with E-state index in [9.17, 15) is 4.79 Å². The molecule has 1 aliphatic rings. The second kappa shape index (κ2) is 6.79. The number of hydrogen-bond acceptors (Lipinski definition) is 5. The molecule has 7 nitrogen and oxygen atoms in total. The molecule has 1 aliphatic heterocycles. The molecule has 25 heavy (non-hydrogen) atoms. The van der Waals surface area contributed by atoms with Gasteiger partial charge in [0.15, 0.2) is 11.5 Å². The maximum absolute atomic E-state index is 13.1. The molecule has 1 saturated heterocycles. The van der Waals surface area contributed by atoms with Crippen LogP contribution in [0.2, 0.25) is 0 Å². The van der Waals surface area contributed by atoms with E-state index in [-0.39, 0.29) is 11.9 Å². The number of aromatic amines is 1. The van der Waals surface area contributed by atoms with Crippen LogP contribution < -0.4 is 0 Å². The number of H-pyrrole nitrogens is 1. The zero-order valence-corrected chi connectivity index (χ0v) is 14.9. The number of aryl methyl sites for hydroxylation is 1. The molecule has 1 fully saturated rings.